The number of nitrogens with zero attached hydrogens (tertiary/aromatic N) is 2. The highest BCUT2D eigenvalue weighted by molar-refractivity contribution is 7.84. The van der Waals surface area contributed by atoms with Gasteiger partial charge in [0.05, 0.1) is 39.1 Å². The van der Waals surface area contributed by atoms with Gasteiger partial charge in [-0.2, -0.15) is 5.26 Å². The Morgan fingerprint density at radius 1 is 1.19 bits per heavy atom. The second kappa shape index (κ2) is 9.69. The van der Waals surface area contributed by atoms with Crippen LogP contribution in [0.15, 0.2) is 60.8 Å². The van der Waals surface area contributed by atoms with E-state index in [1.165, 1.54) is 12.1 Å². The van der Waals surface area contributed by atoms with E-state index in [9.17, 15) is 13.9 Å². The third-order valence-electron chi connectivity index (χ3n) is 4.64. The van der Waals surface area contributed by atoms with Crippen LogP contribution in [0.25, 0.3) is 11.1 Å². The number of rotatable bonds is 6. The lowest BCUT2D eigenvalue weighted by atomic mass is 9.95. The number of nitrogens with one attached hydrogen (secondary N) is 1. The molecule has 1 N–H and O–H groups in total. The topological polar surface area (TPSA) is 65.8 Å². The third kappa shape index (κ3) is 5.98. The van der Waals surface area contributed by atoms with Gasteiger partial charge >= 0.3 is 0 Å². The minimum atomic E-state index is -1.39. The van der Waals surface area contributed by atoms with Gasteiger partial charge in [-0.15, -0.1) is 0 Å². The minimum absolute atomic E-state index is 0.300. The number of halogens is 2. The predicted molar refractivity (Wildman–Crippen MR) is 123 cm³/mol. The van der Waals surface area contributed by atoms with E-state index in [4.69, 9.17) is 11.6 Å². The van der Waals surface area contributed by atoms with Gasteiger partial charge in [-0.3, -0.25) is 4.98 Å². The number of aromatic nitrogens is 1. The Balaban J connectivity index is 2.09. The molecule has 1 unspecified atom stereocenters. The second-order valence-electron chi connectivity index (χ2n) is 8.16. The van der Waals surface area contributed by atoms with Crippen LogP contribution in [0.4, 0.5) is 4.39 Å². The van der Waals surface area contributed by atoms with E-state index in [1.807, 2.05) is 45.0 Å². The van der Waals surface area contributed by atoms with Gasteiger partial charge in [0.1, 0.15) is 5.82 Å². The smallest absolute Gasteiger partial charge is 0.124 e. The number of hydrogen-bond acceptors (Lipinski definition) is 3. The van der Waals surface area contributed by atoms with Crippen LogP contribution < -0.4 is 4.72 Å². The molecule has 7 heteroatoms. The normalized spacial score (nSPS) is 13.4. The number of benzene rings is 2. The molecule has 160 valence electrons. The number of pyridine rings is 1. The van der Waals surface area contributed by atoms with Gasteiger partial charge in [-0.05, 0) is 74.7 Å². The highest BCUT2D eigenvalue weighted by Gasteiger charge is 2.26. The van der Waals surface area contributed by atoms with Crippen molar-refractivity contribution in [2.75, 3.05) is 0 Å². The molecule has 0 fully saturated rings. The zero-order valence-electron chi connectivity index (χ0n) is 17.5. The van der Waals surface area contributed by atoms with Gasteiger partial charge in [-0.25, -0.2) is 13.3 Å². The molecule has 0 radical (unpaired) electrons. The largest absolute Gasteiger partial charge is 0.259 e. The highest BCUT2D eigenvalue weighted by Crippen LogP contribution is 2.31. The Morgan fingerprint density at radius 2 is 1.97 bits per heavy atom. The third-order valence-corrected chi connectivity index (χ3v) is 6.47. The first-order valence-corrected chi connectivity index (χ1v) is 11.3. The first-order chi connectivity index (χ1) is 14.7. The van der Waals surface area contributed by atoms with Crippen LogP contribution in [0, 0.1) is 17.1 Å². The Morgan fingerprint density at radius 3 is 2.65 bits per heavy atom. The summed E-state index contributed by atoms with van der Waals surface area (Å²) in [5.41, 5.74) is 3.50. The van der Waals surface area contributed by atoms with Gasteiger partial charge in [0.15, 0.2) is 0 Å². The molecule has 0 aliphatic rings. The van der Waals surface area contributed by atoms with Crippen LogP contribution >= 0.6 is 11.6 Å². The molecular formula is C24H23ClFN3OS. The molecule has 0 spiro atoms. The molecule has 31 heavy (non-hydrogen) atoms. The zero-order chi connectivity index (χ0) is 22.6. The van der Waals surface area contributed by atoms with Crippen LogP contribution in [-0.2, 0) is 17.4 Å². The van der Waals surface area contributed by atoms with E-state index in [-0.39, 0.29) is 0 Å². The molecule has 2 aromatic carbocycles. The summed E-state index contributed by atoms with van der Waals surface area (Å²) in [6.45, 7) is 5.63. The van der Waals surface area contributed by atoms with Crippen molar-refractivity contribution in [2.24, 2.45) is 0 Å². The Hall–Kier alpha value is -2.59. The Bertz CT molecular complexity index is 1130. The predicted octanol–water partition coefficient (Wildman–Crippen LogP) is 5.75. The average Bonchev–Trinajstić information content (AvgIpc) is 2.72. The second-order valence-corrected chi connectivity index (χ2v) is 10.6. The van der Waals surface area contributed by atoms with Crippen LogP contribution in [-0.4, -0.2) is 13.9 Å². The van der Waals surface area contributed by atoms with E-state index in [1.54, 1.807) is 24.4 Å². The van der Waals surface area contributed by atoms with Gasteiger partial charge in [0, 0.05) is 16.8 Å². The van der Waals surface area contributed by atoms with Gasteiger partial charge < -0.3 is 0 Å². The minimum Gasteiger partial charge on any atom is -0.259 e. The van der Waals surface area contributed by atoms with Crippen LogP contribution in [0.2, 0.25) is 5.02 Å². The molecule has 3 rings (SSSR count). The summed E-state index contributed by atoms with van der Waals surface area (Å²) >= 11 is 6.05. The average molecular weight is 456 g/mol. The van der Waals surface area contributed by atoms with E-state index < -0.39 is 27.6 Å². The van der Waals surface area contributed by atoms with Crippen molar-refractivity contribution >= 4 is 22.6 Å². The molecule has 0 aliphatic carbocycles. The fourth-order valence-corrected chi connectivity index (χ4v) is 4.21. The molecule has 3 aromatic rings. The van der Waals surface area contributed by atoms with Gasteiger partial charge in [-0.1, -0.05) is 29.8 Å². The quantitative estimate of drug-likeness (QED) is 0.514. The first-order valence-electron chi connectivity index (χ1n) is 9.76. The van der Waals surface area contributed by atoms with Crippen LogP contribution in [0.1, 0.15) is 43.6 Å². The van der Waals surface area contributed by atoms with Crippen molar-refractivity contribution < 1.29 is 8.60 Å². The Kier molecular flexibility index (Phi) is 7.22. The van der Waals surface area contributed by atoms with E-state index >= 15 is 0 Å². The zero-order valence-corrected chi connectivity index (χ0v) is 19.1. The highest BCUT2D eigenvalue weighted by atomic mass is 35.5. The maximum Gasteiger partial charge on any atom is 0.124 e. The lowest BCUT2D eigenvalue weighted by molar-refractivity contribution is 0.585. The van der Waals surface area contributed by atoms with E-state index in [0.717, 1.165) is 11.1 Å². The molecule has 4 nitrogen and oxygen atoms in total. The lowest BCUT2D eigenvalue weighted by Gasteiger charge is -2.25. The molecule has 0 aliphatic heterocycles. The summed E-state index contributed by atoms with van der Waals surface area (Å²) in [5, 5.41) is 9.58. The number of hydrogen-bond donors (Lipinski definition) is 1. The SMILES string of the molecule is CC(C)(C)S(=O)N[C@@H](Cc1cc(F)cc(Cl)c1)c1ncccc1-c1cccc(C#N)c1. The monoisotopic (exact) mass is 455 g/mol. The summed E-state index contributed by atoms with van der Waals surface area (Å²) in [4.78, 5) is 4.58. The molecule has 1 aromatic heterocycles. The maximum atomic E-state index is 13.9. The summed E-state index contributed by atoms with van der Waals surface area (Å²) in [6, 6.07) is 17.0. The van der Waals surface area contributed by atoms with Crippen LogP contribution in [0.3, 0.4) is 0 Å². The molecule has 0 amide bonds. The standard InChI is InChI=1S/C24H23ClFN3OS/c1-24(2,3)31(30)29-22(13-17-11-19(25)14-20(26)12-17)23-21(8-5-9-28-23)18-7-4-6-16(10-18)15-27/h4-12,14,22,29H,13H2,1-3H3/t22-,31?/m0/s1. The summed E-state index contributed by atoms with van der Waals surface area (Å²) < 4.78 is 29.6. The first kappa shape index (κ1) is 23.1. The van der Waals surface area contributed by atoms with Crippen molar-refractivity contribution in [3.05, 3.63) is 88.5 Å². The van der Waals surface area contributed by atoms with Crippen molar-refractivity contribution in [1.29, 1.82) is 5.26 Å². The molecule has 0 bridgehead atoms. The summed E-state index contributed by atoms with van der Waals surface area (Å²) in [5.74, 6) is -0.429. The van der Waals surface area contributed by atoms with Crippen molar-refractivity contribution in [2.45, 2.75) is 38.0 Å². The van der Waals surface area contributed by atoms with Gasteiger partial charge in [0.2, 0.25) is 0 Å². The molecule has 2 atom stereocenters. The van der Waals surface area contributed by atoms with Crippen molar-refractivity contribution in [1.82, 2.24) is 9.71 Å². The summed E-state index contributed by atoms with van der Waals surface area (Å²) in [6.07, 6.45) is 2.00. The maximum absolute atomic E-state index is 13.9. The molecular weight excluding hydrogens is 433 g/mol. The van der Waals surface area contributed by atoms with E-state index in [0.29, 0.717) is 28.3 Å². The molecule has 0 saturated heterocycles. The van der Waals surface area contributed by atoms with Crippen molar-refractivity contribution in [3.63, 3.8) is 0 Å². The van der Waals surface area contributed by atoms with Gasteiger partial charge in [0.25, 0.3) is 0 Å². The van der Waals surface area contributed by atoms with Crippen LogP contribution in [0.5, 0.6) is 0 Å². The molecule has 1 heterocycles. The molecule has 0 saturated carbocycles. The van der Waals surface area contributed by atoms with E-state index in [2.05, 4.69) is 15.8 Å². The fourth-order valence-electron chi connectivity index (χ4n) is 3.16. The number of nitriles is 1. The fraction of sp³-hybridized carbons (Fsp3) is 0.250. The summed E-state index contributed by atoms with van der Waals surface area (Å²) in [7, 11) is -1.39. The van der Waals surface area contributed by atoms with Crippen molar-refractivity contribution in [3.8, 4) is 17.2 Å². The lowest BCUT2D eigenvalue weighted by Crippen LogP contribution is -2.37. The Labute approximate surface area is 189 Å².